The summed E-state index contributed by atoms with van der Waals surface area (Å²) >= 11 is 7.44. The second-order valence-corrected chi connectivity index (χ2v) is 32.6. The zero-order valence-electron chi connectivity index (χ0n) is 60.4. The highest BCUT2D eigenvalue weighted by molar-refractivity contribution is 7.27. The molecule has 0 spiro atoms. The molecule has 524 valence electrons. The Balaban J connectivity index is 0.000000141. The van der Waals surface area contributed by atoms with Gasteiger partial charge in [0.15, 0.2) is 11.6 Å². The normalized spacial score (nSPS) is 11.6. The van der Waals surface area contributed by atoms with Crippen LogP contribution in [0.2, 0.25) is 0 Å². The first kappa shape index (κ1) is 66.7. The van der Waals surface area contributed by atoms with Crippen molar-refractivity contribution in [2.45, 2.75) is 0 Å². The monoisotopic (exact) mass is 1500 g/mol. The van der Waals surface area contributed by atoms with Crippen LogP contribution in [0.3, 0.4) is 0 Å². The van der Waals surface area contributed by atoms with Crippen LogP contribution in [0, 0.1) is 0 Å². The van der Waals surface area contributed by atoms with Gasteiger partial charge in [0, 0.05) is 114 Å². The Labute approximate surface area is 663 Å². The van der Waals surface area contributed by atoms with E-state index in [9.17, 15) is 0 Å². The van der Waals surface area contributed by atoms with Crippen molar-refractivity contribution in [1.82, 2.24) is 19.9 Å². The van der Waals surface area contributed by atoms with Crippen LogP contribution < -0.4 is 0 Å². The van der Waals surface area contributed by atoms with E-state index in [1.165, 1.54) is 136 Å². The molecule has 6 heterocycles. The molecule has 0 saturated carbocycles. The van der Waals surface area contributed by atoms with Gasteiger partial charge in [0.2, 0.25) is 0 Å². The van der Waals surface area contributed by atoms with Crippen LogP contribution in [0.1, 0.15) is 0 Å². The fourth-order valence-corrected chi connectivity index (χ4v) is 20.6. The molecule has 0 unspecified atom stereocenters. The number of nitrogens with zero attached hydrogens (tertiary/aromatic N) is 4. The van der Waals surface area contributed by atoms with E-state index in [0.29, 0.717) is 11.6 Å². The maximum absolute atomic E-state index is 5.32. The molecule has 0 fully saturated rings. The second-order valence-electron chi connectivity index (χ2n) is 28.3. The van der Waals surface area contributed by atoms with E-state index in [2.05, 4.69) is 364 Å². The highest BCUT2D eigenvalue weighted by atomic mass is 32.1. The molecule has 6 aromatic heterocycles. The van der Waals surface area contributed by atoms with Crippen molar-refractivity contribution in [3.63, 3.8) is 0 Å². The van der Waals surface area contributed by atoms with Gasteiger partial charge in [-0.3, -0.25) is 0 Å². The lowest BCUT2D eigenvalue weighted by Crippen LogP contribution is -1.96. The predicted molar refractivity (Wildman–Crippen MR) is 481 cm³/mol. The third-order valence-corrected chi connectivity index (χ3v) is 26.1. The number of hydrogen-bond acceptors (Lipinski definition) is 8. The van der Waals surface area contributed by atoms with E-state index in [0.717, 1.165) is 67.3 Å². The second kappa shape index (κ2) is 28.5. The minimum atomic E-state index is 0.704. The molecule has 0 radical (unpaired) electrons. The Morgan fingerprint density at radius 3 is 0.804 bits per heavy atom. The average molecular weight is 1500 g/mol. The third kappa shape index (κ3) is 12.6. The van der Waals surface area contributed by atoms with Gasteiger partial charge in [0.1, 0.15) is 0 Å². The predicted octanol–water partition coefficient (Wildman–Crippen LogP) is 30.4. The highest BCUT2D eigenvalue weighted by Gasteiger charge is 2.21. The zero-order chi connectivity index (χ0) is 74.0. The minimum Gasteiger partial charge on any atom is -0.228 e. The lowest BCUT2D eigenvalue weighted by Gasteiger charge is -2.14. The van der Waals surface area contributed by atoms with Crippen LogP contribution in [0.15, 0.2) is 388 Å². The quantitative estimate of drug-likeness (QED) is 0.122. The van der Waals surface area contributed by atoms with E-state index >= 15 is 0 Å². The van der Waals surface area contributed by atoms with E-state index in [1.807, 2.05) is 69.6 Å². The first-order valence-electron chi connectivity index (χ1n) is 37.6. The van der Waals surface area contributed by atoms with E-state index in [1.54, 1.807) is 0 Å². The summed E-state index contributed by atoms with van der Waals surface area (Å²) < 4.78 is 10.4. The van der Waals surface area contributed by atoms with Crippen LogP contribution in [0.5, 0.6) is 0 Å². The molecule has 112 heavy (non-hydrogen) atoms. The van der Waals surface area contributed by atoms with Crippen molar-refractivity contribution in [3.05, 3.63) is 388 Å². The number of thiophene rings is 4. The number of fused-ring (bicyclic) bond motifs is 12. The zero-order valence-corrected chi connectivity index (χ0v) is 63.6. The Morgan fingerprint density at radius 2 is 0.411 bits per heavy atom. The van der Waals surface area contributed by atoms with Crippen LogP contribution in [0.4, 0.5) is 0 Å². The summed E-state index contributed by atoms with van der Waals surface area (Å²) in [7, 11) is 0. The summed E-state index contributed by atoms with van der Waals surface area (Å²) in [6.07, 6.45) is 0. The summed E-state index contributed by atoms with van der Waals surface area (Å²) in [5, 5.41) is 10.4. The molecule has 0 atom stereocenters. The maximum Gasteiger partial charge on any atom is 0.160 e. The number of benzene rings is 16. The van der Waals surface area contributed by atoms with Crippen molar-refractivity contribution in [2.24, 2.45) is 0 Å². The fourth-order valence-electron chi connectivity index (χ4n) is 15.8. The summed E-state index contributed by atoms with van der Waals surface area (Å²) in [4.78, 5) is 21.0. The highest BCUT2D eigenvalue weighted by Crippen LogP contribution is 2.47. The Bertz CT molecular complexity index is 7080. The van der Waals surface area contributed by atoms with E-state index < -0.39 is 0 Å². The third-order valence-electron chi connectivity index (χ3n) is 21.4. The molecule has 22 aromatic rings. The van der Waals surface area contributed by atoms with Crippen molar-refractivity contribution >= 4 is 126 Å². The van der Waals surface area contributed by atoms with Gasteiger partial charge < -0.3 is 0 Å². The van der Waals surface area contributed by atoms with Crippen molar-refractivity contribution in [1.29, 1.82) is 0 Å². The molecule has 0 bridgehead atoms. The standard InChI is InChI=1S/2C52H32N2S2/c1-3-13-33(14-4-1)34-25-27-35(28-26-34)46-32-47(54-52(53-46)36-15-5-2-6-16-36)39-30-37(40-19-11-21-44-42-17-7-9-23-48(42)55-50(40)44)29-38(31-39)41-20-12-22-45-43-18-8-10-24-49(43)56-51(41)45;1-3-11-33(12-4-1)34-19-21-35(22-20-34)46-32-47(54-52(53-46)36-13-5-2-6-14-36)41-28-39(37-23-25-44-42-15-7-9-17-48(42)55-50(44)30-37)27-40(29-41)38-24-26-45-43-16-8-10-18-49(43)56-51(45)31-38/h2*1-32H. The van der Waals surface area contributed by atoms with E-state index in [4.69, 9.17) is 19.9 Å². The molecule has 0 aliphatic rings. The summed E-state index contributed by atoms with van der Waals surface area (Å²) in [6.45, 7) is 0. The molecule has 0 amide bonds. The van der Waals surface area contributed by atoms with Gasteiger partial charge in [0.05, 0.1) is 22.8 Å². The van der Waals surface area contributed by atoms with Crippen molar-refractivity contribution < 1.29 is 0 Å². The van der Waals surface area contributed by atoms with Gasteiger partial charge in [-0.1, -0.05) is 303 Å². The minimum absolute atomic E-state index is 0.704. The molecule has 0 aliphatic carbocycles. The van der Waals surface area contributed by atoms with Gasteiger partial charge in [0.25, 0.3) is 0 Å². The van der Waals surface area contributed by atoms with Crippen LogP contribution >= 0.6 is 45.3 Å². The van der Waals surface area contributed by atoms with Gasteiger partial charge in [-0.2, -0.15) is 0 Å². The largest absolute Gasteiger partial charge is 0.228 e. The summed E-state index contributed by atoms with van der Waals surface area (Å²) in [6, 6.07) is 140. The SMILES string of the molecule is c1ccc(-c2ccc(-c3cc(-c4cc(-c5ccc6c(c5)sc5ccccc56)cc(-c5ccc6c(c5)sc5ccccc56)c4)nc(-c4ccccc4)n3)cc2)cc1.c1ccc(-c2ccc(-c3cc(-c4cc(-c5cccc6c5sc5ccccc56)cc(-c5cccc6c5sc5ccccc56)c4)nc(-c4ccccc4)n3)cc2)cc1. The van der Waals surface area contributed by atoms with Crippen LogP contribution in [0.25, 0.3) is 215 Å². The molecular weight excluding hydrogens is 1430 g/mol. The molecule has 8 heteroatoms. The van der Waals surface area contributed by atoms with Gasteiger partial charge in [-0.15, -0.1) is 45.3 Å². The average Bonchev–Trinajstić information content (AvgIpc) is 1.55. The van der Waals surface area contributed by atoms with Crippen molar-refractivity contribution in [3.8, 4) is 135 Å². The number of rotatable bonds is 12. The van der Waals surface area contributed by atoms with E-state index in [-0.39, 0.29) is 0 Å². The topological polar surface area (TPSA) is 51.6 Å². The summed E-state index contributed by atoms with van der Waals surface area (Å²) in [5.74, 6) is 1.41. The smallest absolute Gasteiger partial charge is 0.160 e. The van der Waals surface area contributed by atoms with Crippen LogP contribution in [-0.4, -0.2) is 19.9 Å². The van der Waals surface area contributed by atoms with Gasteiger partial charge in [-0.25, -0.2) is 19.9 Å². The maximum atomic E-state index is 5.32. The first-order chi connectivity index (χ1) is 55.4. The molecule has 16 aromatic carbocycles. The number of hydrogen-bond donors (Lipinski definition) is 0. The Kier molecular flexibility index (Phi) is 17.0. The molecule has 4 nitrogen and oxygen atoms in total. The Morgan fingerprint density at radius 1 is 0.143 bits per heavy atom. The molecule has 0 N–H and O–H groups in total. The lowest BCUT2D eigenvalue weighted by atomic mass is 9.93. The van der Waals surface area contributed by atoms with Gasteiger partial charge >= 0.3 is 0 Å². The molecule has 22 rings (SSSR count). The van der Waals surface area contributed by atoms with Gasteiger partial charge in [-0.05, 0) is 152 Å². The first-order valence-corrected chi connectivity index (χ1v) is 40.9. The molecule has 0 aliphatic heterocycles. The lowest BCUT2D eigenvalue weighted by molar-refractivity contribution is 1.18. The fraction of sp³-hybridized carbons (Fsp3) is 0. The summed E-state index contributed by atoms with van der Waals surface area (Å²) in [5.41, 5.74) is 23.9. The number of aromatic nitrogens is 4. The molecule has 0 saturated heterocycles. The Hall–Kier alpha value is -13.4. The van der Waals surface area contributed by atoms with Crippen molar-refractivity contribution in [2.75, 3.05) is 0 Å². The molecular formula is C104H64N4S4. The van der Waals surface area contributed by atoms with Crippen LogP contribution in [-0.2, 0) is 0 Å².